The van der Waals surface area contributed by atoms with Gasteiger partial charge in [0.05, 0.1) is 17.2 Å². The van der Waals surface area contributed by atoms with Crippen LogP contribution in [0.1, 0.15) is 32.8 Å². The molecular weight excluding hydrogens is 302 g/mol. The van der Waals surface area contributed by atoms with Crippen LogP contribution in [0.5, 0.6) is 5.75 Å². The second-order valence-electron chi connectivity index (χ2n) is 5.95. The largest absolute Gasteiger partial charge is 0.479 e. The van der Waals surface area contributed by atoms with Gasteiger partial charge in [-0.15, -0.1) is 0 Å². The summed E-state index contributed by atoms with van der Waals surface area (Å²) in [5.41, 5.74) is 1.05. The van der Waals surface area contributed by atoms with Crippen molar-refractivity contribution in [3.05, 3.63) is 28.8 Å². The minimum absolute atomic E-state index is 0.00192. The number of carbonyl (C=O) groups is 1. The summed E-state index contributed by atoms with van der Waals surface area (Å²) in [5, 5.41) is 0.528. The normalized spacial score (nSPS) is 23.2. The lowest BCUT2D eigenvalue weighted by atomic mass is 10.1. The highest BCUT2D eigenvalue weighted by molar-refractivity contribution is 6.32. The van der Waals surface area contributed by atoms with Crippen molar-refractivity contribution in [3.63, 3.8) is 0 Å². The average Bonchev–Trinajstić information content (AvgIpc) is 2.46. The molecule has 1 aliphatic rings. The molecule has 4 nitrogen and oxygen atoms in total. The highest BCUT2D eigenvalue weighted by Crippen LogP contribution is 2.27. The van der Waals surface area contributed by atoms with Crippen LogP contribution < -0.4 is 4.74 Å². The molecule has 0 bridgehead atoms. The second-order valence-corrected chi connectivity index (χ2v) is 6.36. The minimum Gasteiger partial charge on any atom is -0.479 e. The fraction of sp³-hybridized carbons (Fsp3) is 0.588. The maximum atomic E-state index is 12.7. The lowest BCUT2D eigenvalue weighted by Gasteiger charge is -2.37. The zero-order chi connectivity index (χ0) is 16.3. The summed E-state index contributed by atoms with van der Waals surface area (Å²) < 4.78 is 11.6. The van der Waals surface area contributed by atoms with Crippen LogP contribution in [0.2, 0.25) is 5.02 Å². The first-order valence-corrected chi connectivity index (χ1v) is 8.15. The van der Waals surface area contributed by atoms with Crippen LogP contribution >= 0.6 is 11.6 Å². The molecular formula is C17H24ClNO3. The Bertz CT molecular complexity index is 525. The summed E-state index contributed by atoms with van der Waals surface area (Å²) in [5.74, 6) is 0.568. The molecule has 5 heteroatoms. The highest BCUT2D eigenvalue weighted by atomic mass is 35.5. The van der Waals surface area contributed by atoms with Crippen molar-refractivity contribution in [2.24, 2.45) is 0 Å². The number of hydrogen-bond donors (Lipinski definition) is 0. The van der Waals surface area contributed by atoms with Crippen LogP contribution in [0.25, 0.3) is 0 Å². The van der Waals surface area contributed by atoms with Gasteiger partial charge in [0.1, 0.15) is 5.75 Å². The zero-order valence-corrected chi connectivity index (χ0v) is 14.4. The molecule has 0 aromatic heterocycles. The van der Waals surface area contributed by atoms with Crippen LogP contribution in [0.3, 0.4) is 0 Å². The van der Waals surface area contributed by atoms with Gasteiger partial charge in [0, 0.05) is 13.1 Å². The van der Waals surface area contributed by atoms with Crippen LogP contribution in [0, 0.1) is 6.92 Å². The topological polar surface area (TPSA) is 38.8 Å². The van der Waals surface area contributed by atoms with E-state index in [2.05, 4.69) is 0 Å². The zero-order valence-electron chi connectivity index (χ0n) is 13.6. The Morgan fingerprint density at radius 1 is 1.41 bits per heavy atom. The van der Waals surface area contributed by atoms with Crippen molar-refractivity contribution >= 4 is 17.5 Å². The fourth-order valence-electron chi connectivity index (χ4n) is 2.72. The molecule has 122 valence electrons. The quantitative estimate of drug-likeness (QED) is 0.851. The van der Waals surface area contributed by atoms with Crippen molar-refractivity contribution < 1.29 is 14.3 Å². The van der Waals surface area contributed by atoms with E-state index in [0.29, 0.717) is 30.3 Å². The van der Waals surface area contributed by atoms with Crippen LogP contribution in [-0.2, 0) is 9.53 Å². The number of aryl methyl sites for hydroxylation is 1. The van der Waals surface area contributed by atoms with E-state index in [9.17, 15) is 4.79 Å². The number of ether oxygens (including phenoxy) is 2. The maximum Gasteiger partial charge on any atom is 0.263 e. The van der Waals surface area contributed by atoms with Crippen molar-refractivity contribution in [2.45, 2.75) is 52.4 Å². The Morgan fingerprint density at radius 3 is 2.64 bits per heavy atom. The Labute approximate surface area is 137 Å². The van der Waals surface area contributed by atoms with Crippen molar-refractivity contribution in [3.8, 4) is 5.75 Å². The summed E-state index contributed by atoms with van der Waals surface area (Å²) in [7, 11) is 0. The van der Waals surface area contributed by atoms with Crippen LogP contribution in [0.4, 0.5) is 0 Å². The van der Waals surface area contributed by atoms with Gasteiger partial charge >= 0.3 is 0 Å². The molecule has 0 N–H and O–H groups in total. The highest BCUT2D eigenvalue weighted by Gasteiger charge is 2.31. The third kappa shape index (κ3) is 4.14. The number of halogens is 1. The molecule has 1 amide bonds. The van der Waals surface area contributed by atoms with Gasteiger partial charge in [-0.1, -0.05) is 24.6 Å². The Balaban J connectivity index is 2.10. The molecule has 0 unspecified atom stereocenters. The van der Waals surface area contributed by atoms with Gasteiger partial charge in [0.25, 0.3) is 5.91 Å². The van der Waals surface area contributed by atoms with E-state index in [0.717, 1.165) is 5.56 Å². The number of benzene rings is 1. The summed E-state index contributed by atoms with van der Waals surface area (Å²) in [6.07, 6.45) is 0.181. The molecule has 3 atom stereocenters. The molecule has 1 aromatic carbocycles. The number of morpholine rings is 1. The Kier molecular flexibility index (Phi) is 5.70. The van der Waals surface area contributed by atoms with Gasteiger partial charge < -0.3 is 14.4 Å². The van der Waals surface area contributed by atoms with Crippen molar-refractivity contribution in [1.82, 2.24) is 4.90 Å². The molecule has 0 saturated carbocycles. The standard InChI is InChI=1S/C17H24ClNO3/c1-5-15(22-16-8-11(2)6-7-14(16)18)17(20)19-9-12(3)21-13(4)10-19/h6-8,12-13,15H,5,9-10H2,1-4H3/t12-,13-,15-/m1/s1. The van der Waals surface area contributed by atoms with Gasteiger partial charge in [-0.25, -0.2) is 0 Å². The summed E-state index contributed by atoms with van der Waals surface area (Å²) in [6.45, 7) is 9.08. The molecule has 0 radical (unpaired) electrons. The summed E-state index contributed by atoms with van der Waals surface area (Å²) >= 11 is 6.16. The molecule has 2 rings (SSSR count). The van der Waals surface area contributed by atoms with Gasteiger partial charge in [-0.3, -0.25) is 4.79 Å². The number of amides is 1. The third-order valence-corrected chi connectivity index (χ3v) is 4.05. The van der Waals surface area contributed by atoms with E-state index in [1.54, 1.807) is 6.07 Å². The van der Waals surface area contributed by atoms with Crippen molar-refractivity contribution in [2.75, 3.05) is 13.1 Å². The molecule has 0 aliphatic carbocycles. The monoisotopic (exact) mass is 325 g/mol. The number of nitrogens with zero attached hydrogens (tertiary/aromatic N) is 1. The Morgan fingerprint density at radius 2 is 2.05 bits per heavy atom. The number of hydrogen-bond acceptors (Lipinski definition) is 3. The van der Waals surface area contributed by atoms with E-state index in [1.807, 2.05) is 44.7 Å². The maximum absolute atomic E-state index is 12.7. The van der Waals surface area contributed by atoms with E-state index >= 15 is 0 Å². The molecule has 1 saturated heterocycles. The molecule has 1 aliphatic heterocycles. The van der Waals surface area contributed by atoms with E-state index < -0.39 is 6.10 Å². The van der Waals surface area contributed by atoms with Gasteiger partial charge in [-0.2, -0.15) is 0 Å². The van der Waals surface area contributed by atoms with E-state index in [1.165, 1.54) is 0 Å². The van der Waals surface area contributed by atoms with Gasteiger partial charge in [0.2, 0.25) is 0 Å². The average molecular weight is 326 g/mol. The molecule has 0 spiro atoms. The number of rotatable bonds is 4. The van der Waals surface area contributed by atoms with E-state index in [4.69, 9.17) is 21.1 Å². The first-order chi connectivity index (χ1) is 10.4. The molecule has 1 fully saturated rings. The molecule has 22 heavy (non-hydrogen) atoms. The minimum atomic E-state index is -0.517. The smallest absolute Gasteiger partial charge is 0.263 e. The second kappa shape index (κ2) is 7.34. The van der Waals surface area contributed by atoms with Crippen LogP contribution in [0.15, 0.2) is 18.2 Å². The van der Waals surface area contributed by atoms with E-state index in [-0.39, 0.29) is 18.1 Å². The molecule has 1 heterocycles. The lowest BCUT2D eigenvalue weighted by molar-refractivity contribution is -0.150. The first kappa shape index (κ1) is 17.1. The first-order valence-electron chi connectivity index (χ1n) is 7.77. The predicted octanol–water partition coefficient (Wildman–Crippen LogP) is 3.44. The van der Waals surface area contributed by atoms with Crippen LogP contribution in [-0.4, -0.2) is 42.2 Å². The third-order valence-electron chi connectivity index (χ3n) is 3.73. The van der Waals surface area contributed by atoms with Crippen molar-refractivity contribution in [1.29, 1.82) is 0 Å². The summed E-state index contributed by atoms with van der Waals surface area (Å²) in [4.78, 5) is 14.6. The fourth-order valence-corrected chi connectivity index (χ4v) is 2.89. The Hall–Kier alpha value is -1.26. The number of carbonyl (C=O) groups excluding carboxylic acids is 1. The lowest BCUT2D eigenvalue weighted by Crippen LogP contribution is -2.52. The molecule has 1 aromatic rings. The van der Waals surface area contributed by atoms with Gasteiger partial charge in [-0.05, 0) is 44.9 Å². The van der Waals surface area contributed by atoms with Gasteiger partial charge in [0.15, 0.2) is 6.10 Å². The summed E-state index contributed by atoms with van der Waals surface area (Å²) in [6, 6.07) is 5.58. The SMILES string of the molecule is CC[C@@H](Oc1cc(C)ccc1Cl)C(=O)N1C[C@@H](C)O[C@H](C)C1. The predicted molar refractivity (Wildman–Crippen MR) is 87.5 cm³/mol.